The van der Waals surface area contributed by atoms with Gasteiger partial charge in [0.2, 0.25) is 0 Å². The smallest absolute Gasteiger partial charge is 0.411 e. The Morgan fingerprint density at radius 2 is 1.77 bits per heavy atom. The molecule has 0 aliphatic heterocycles. The molecule has 1 aromatic carbocycles. The van der Waals surface area contributed by atoms with Gasteiger partial charge in [0, 0.05) is 23.5 Å². The Morgan fingerprint density at radius 3 is 2.42 bits per heavy atom. The summed E-state index contributed by atoms with van der Waals surface area (Å²) in [4.78, 5) is 46.6. The first kappa shape index (κ1) is 18.7. The van der Waals surface area contributed by atoms with Crippen molar-refractivity contribution in [1.82, 2.24) is 15.4 Å². The van der Waals surface area contributed by atoms with Crippen LogP contribution in [0.25, 0.3) is 0 Å². The number of pyridine rings is 1. The number of hydrogen-bond donors (Lipinski definition) is 3. The zero-order valence-corrected chi connectivity index (χ0v) is 14.0. The van der Waals surface area contributed by atoms with Gasteiger partial charge in [-0.15, -0.1) is 0 Å². The molecule has 0 atom stereocenters. The summed E-state index contributed by atoms with van der Waals surface area (Å²) in [5.74, 6) is -1.09. The second-order valence-electron chi connectivity index (χ2n) is 5.09. The van der Waals surface area contributed by atoms with Gasteiger partial charge in [-0.05, 0) is 37.3 Å². The number of hydrogen-bond acceptors (Lipinski definition) is 5. The van der Waals surface area contributed by atoms with Crippen LogP contribution in [-0.2, 0) is 16.1 Å². The van der Waals surface area contributed by atoms with E-state index >= 15 is 0 Å². The van der Waals surface area contributed by atoms with Crippen molar-refractivity contribution in [3.8, 4) is 0 Å². The third-order valence-electron chi connectivity index (χ3n) is 3.20. The molecule has 0 radical (unpaired) electrons. The number of anilines is 1. The van der Waals surface area contributed by atoms with E-state index in [1.54, 1.807) is 19.1 Å². The van der Waals surface area contributed by atoms with Crippen LogP contribution in [0.1, 0.15) is 17.3 Å². The van der Waals surface area contributed by atoms with Crippen LogP contribution in [0, 0.1) is 0 Å². The molecule has 2 aromatic rings. The molecular weight excluding hydrogens is 340 g/mol. The van der Waals surface area contributed by atoms with Crippen LogP contribution >= 0.6 is 0 Å². The van der Waals surface area contributed by atoms with Crippen molar-refractivity contribution in [2.75, 3.05) is 11.9 Å². The van der Waals surface area contributed by atoms with Crippen LogP contribution in [-0.4, -0.2) is 29.1 Å². The van der Waals surface area contributed by atoms with E-state index in [1.165, 1.54) is 41.1 Å². The first-order valence-electron chi connectivity index (χ1n) is 7.78. The number of benzene rings is 1. The van der Waals surface area contributed by atoms with Gasteiger partial charge in [0.05, 0.1) is 6.61 Å². The largest absolute Gasteiger partial charge is 0.450 e. The van der Waals surface area contributed by atoms with Gasteiger partial charge in [-0.25, -0.2) is 4.79 Å². The van der Waals surface area contributed by atoms with Gasteiger partial charge in [-0.1, -0.05) is 6.07 Å². The summed E-state index contributed by atoms with van der Waals surface area (Å²) in [7, 11) is 0. The van der Waals surface area contributed by atoms with Crippen LogP contribution in [0.5, 0.6) is 0 Å². The van der Waals surface area contributed by atoms with E-state index in [1.807, 2.05) is 0 Å². The molecular formula is C17H18N4O5. The SMILES string of the molecule is CCOC(=O)Nc1ccc(C(=O)NNC(=O)Cn2ccccc2=O)cc1. The van der Waals surface area contributed by atoms with Gasteiger partial charge in [0.1, 0.15) is 6.54 Å². The van der Waals surface area contributed by atoms with Gasteiger partial charge in [0.25, 0.3) is 17.4 Å². The number of ether oxygens (including phenoxy) is 1. The van der Waals surface area contributed by atoms with Gasteiger partial charge in [-0.3, -0.25) is 30.6 Å². The number of nitrogens with one attached hydrogen (secondary N) is 3. The van der Waals surface area contributed by atoms with Crippen molar-refractivity contribution in [2.45, 2.75) is 13.5 Å². The normalized spacial score (nSPS) is 9.88. The van der Waals surface area contributed by atoms with E-state index in [2.05, 4.69) is 16.2 Å². The van der Waals surface area contributed by atoms with E-state index in [0.717, 1.165) is 0 Å². The van der Waals surface area contributed by atoms with E-state index in [-0.39, 0.29) is 24.3 Å². The standard InChI is InChI=1S/C17H18N4O5/c1-2-26-17(25)18-13-8-6-12(7-9-13)16(24)20-19-14(22)11-21-10-4-3-5-15(21)23/h3-10H,2,11H2,1H3,(H,18,25)(H,19,22)(H,20,24). The van der Waals surface area contributed by atoms with E-state index in [4.69, 9.17) is 4.74 Å². The lowest BCUT2D eigenvalue weighted by Crippen LogP contribution is -2.44. The Morgan fingerprint density at radius 1 is 1.04 bits per heavy atom. The van der Waals surface area contributed by atoms with Crippen molar-refractivity contribution in [1.29, 1.82) is 0 Å². The molecule has 0 aliphatic rings. The summed E-state index contributed by atoms with van der Waals surface area (Å²) in [6.07, 6.45) is 0.882. The highest BCUT2D eigenvalue weighted by atomic mass is 16.5. The minimum absolute atomic E-state index is 0.220. The average Bonchev–Trinajstić information content (AvgIpc) is 2.62. The Balaban J connectivity index is 1.85. The molecule has 0 spiro atoms. The lowest BCUT2D eigenvalue weighted by atomic mass is 10.2. The van der Waals surface area contributed by atoms with Crippen LogP contribution in [0.15, 0.2) is 53.5 Å². The summed E-state index contributed by atoms with van der Waals surface area (Å²) >= 11 is 0. The summed E-state index contributed by atoms with van der Waals surface area (Å²) < 4.78 is 5.95. The quantitative estimate of drug-likeness (QED) is 0.686. The summed E-state index contributed by atoms with van der Waals surface area (Å²) in [6, 6.07) is 10.5. The fraction of sp³-hybridized carbons (Fsp3) is 0.176. The lowest BCUT2D eigenvalue weighted by Gasteiger charge is -2.09. The molecule has 0 bridgehead atoms. The van der Waals surface area contributed by atoms with Crippen molar-refractivity contribution >= 4 is 23.6 Å². The Kier molecular flexibility index (Phi) is 6.49. The number of amides is 3. The number of carbonyl (C=O) groups excluding carboxylic acids is 3. The van der Waals surface area contributed by atoms with Gasteiger partial charge < -0.3 is 9.30 Å². The molecule has 1 aromatic heterocycles. The Bertz CT molecular complexity index is 845. The number of rotatable bonds is 5. The molecule has 2 rings (SSSR count). The van der Waals surface area contributed by atoms with Gasteiger partial charge in [0.15, 0.2) is 0 Å². The van der Waals surface area contributed by atoms with Gasteiger partial charge in [-0.2, -0.15) is 0 Å². The lowest BCUT2D eigenvalue weighted by molar-refractivity contribution is -0.122. The number of carbonyl (C=O) groups is 3. The third-order valence-corrected chi connectivity index (χ3v) is 3.20. The predicted octanol–water partition coefficient (Wildman–Crippen LogP) is 0.878. The van der Waals surface area contributed by atoms with E-state index < -0.39 is 17.9 Å². The first-order chi connectivity index (χ1) is 12.5. The Hall–Kier alpha value is -3.62. The Labute approximate surface area is 148 Å². The monoisotopic (exact) mass is 358 g/mol. The van der Waals surface area contributed by atoms with Crippen LogP contribution in [0.3, 0.4) is 0 Å². The molecule has 3 N–H and O–H groups in total. The van der Waals surface area contributed by atoms with Crippen molar-refractivity contribution in [3.05, 3.63) is 64.6 Å². The molecule has 0 fully saturated rings. The molecule has 0 unspecified atom stereocenters. The summed E-state index contributed by atoms with van der Waals surface area (Å²) in [5, 5.41) is 2.50. The highest BCUT2D eigenvalue weighted by Gasteiger charge is 2.09. The predicted molar refractivity (Wildman–Crippen MR) is 93.4 cm³/mol. The summed E-state index contributed by atoms with van der Waals surface area (Å²) in [6.45, 7) is 1.72. The maximum absolute atomic E-state index is 12.0. The van der Waals surface area contributed by atoms with Crippen LogP contribution < -0.4 is 21.7 Å². The molecule has 3 amide bonds. The molecule has 0 aliphatic carbocycles. The first-order valence-corrected chi connectivity index (χ1v) is 7.78. The third kappa shape index (κ3) is 5.48. The maximum Gasteiger partial charge on any atom is 0.411 e. The molecule has 136 valence electrons. The molecule has 9 nitrogen and oxygen atoms in total. The van der Waals surface area contributed by atoms with Crippen molar-refractivity contribution < 1.29 is 19.1 Å². The molecule has 0 saturated heterocycles. The van der Waals surface area contributed by atoms with Gasteiger partial charge >= 0.3 is 6.09 Å². The highest BCUT2D eigenvalue weighted by molar-refractivity contribution is 5.96. The molecule has 0 saturated carbocycles. The highest BCUT2D eigenvalue weighted by Crippen LogP contribution is 2.09. The van der Waals surface area contributed by atoms with Crippen LogP contribution in [0.2, 0.25) is 0 Å². The zero-order chi connectivity index (χ0) is 18.9. The van der Waals surface area contributed by atoms with Crippen molar-refractivity contribution in [2.24, 2.45) is 0 Å². The van der Waals surface area contributed by atoms with E-state index in [0.29, 0.717) is 5.69 Å². The summed E-state index contributed by atoms with van der Waals surface area (Å²) in [5.41, 5.74) is 4.90. The second kappa shape index (κ2) is 9.02. The minimum Gasteiger partial charge on any atom is -0.450 e. The molecule has 26 heavy (non-hydrogen) atoms. The second-order valence-corrected chi connectivity index (χ2v) is 5.09. The number of aromatic nitrogens is 1. The average molecular weight is 358 g/mol. The number of hydrazine groups is 1. The maximum atomic E-state index is 12.0. The number of nitrogens with zero attached hydrogens (tertiary/aromatic N) is 1. The van der Waals surface area contributed by atoms with E-state index in [9.17, 15) is 19.2 Å². The van der Waals surface area contributed by atoms with Crippen LogP contribution in [0.4, 0.5) is 10.5 Å². The minimum atomic E-state index is -0.590. The zero-order valence-electron chi connectivity index (χ0n) is 14.0. The van der Waals surface area contributed by atoms with Crippen molar-refractivity contribution in [3.63, 3.8) is 0 Å². The fourth-order valence-corrected chi connectivity index (χ4v) is 1.97. The molecule has 1 heterocycles. The molecule has 9 heteroatoms. The fourth-order valence-electron chi connectivity index (χ4n) is 1.97. The topological polar surface area (TPSA) is 119 Å².